The number of esters is 1. The molecule has 0 unspecified atom stereocenters. The minimum Gasteiger partial charge on any atom is -0.479 e. The number of rotatable bonds is 5. The lowest BCUT2D eigenvalue weighted by Gasteiger charge is -2.27. The van der Waals surface area contributed by atoms with E-state index in [4.69, 9.17) is 14.9 Å². The monoisotopic (exact) mass is 366 g/mol. The Balaban J connectivity index is 3.40. The molecule has 1 aromatic carbocycles. The molecule has 0 aliphatic carbocycles. The van der Waals surface area contributed by atoms with Crippen LogP contribution in [0.1, 0.15) is 63.0 Å². The van der Waals surface area contributed by atoms with Gasteiger partial charge in [0.05, 0.1) is 5.56 Å². The Kier molecular flexibility index (Phi) is 6.20. The van der Waals surface area contributed by atoms with Crippen molar-refractivity contribution in [1.82, 2.24) is 0 Å². The lowest BCUT2D eigenvalue weighted by Crippen LogP contribution is -2.43. The first-order valence-corrected chi connectivity index (χ1v) is 8.16. The molecule has 0 saturated heterocycles. The number of benzene rings is 1. The maximum atomic E-state index is 12.6. The van der Waals surface area contributed by atoms with Crippen molar-refractivity contribution < 1.29 is 34.4 Å². The van der Waals surface area contributed by atoms with Crippen molar-refractivity contribution in [2.75, 3.05) is 0 Å². The molecule has 3 N–H and O–H groups in total. The minimum atomic E-state index is -2.36. The van der Waals surface area contributed by atoms with Gasteiger partial charge in [0.2, 0.25) is 6.10 Å². The number of carbonyl (C=O) groups excluding carboxylic acids is 1. The number of aliphatic hydroxyl groups excluding tert-OH is 1. The highest BCUT2D eigenvalue weighted by Gasteiger charge is 2.37. The summed E-state index contributed by atoms with van der Waals surface area (Å²) < 4.78 is 4.86. The predicted molar refractivity (Wildman–Crippen MR) is 94.3 cm³/mol. The van der Waals surface area contributed by atoms with Crippen molar-refractivity contribution in [3.05, 3.63) is 34.9 Å². The molecule has 1 rings (SSSR count). The van der Waals surface area contributed by atoms with Gasteiger partial charge in [0.25, 0.3) is 0 Å². The van der Waals surface area contributed by atoms with E-state index in [1.807, 2.05) is 47.6 Å². The zero-order chi connectivity index (χ0) is 20.4. The van der Waals surface area contributed by atoms with Crippen LogP contribution in [0, 0.1) is 0 Å². The van der Waals surface area contributed by atoms with Gasteiger partial charge in [-0.25, -0.2) is 14.4 Å². The molecule has 0 fully saturated rings. The summed E-state index contributed by atoms with van der Waals surface area (Å²) in [7, 11) is 0. The molecular weight excluding hydrogens is 340 g/mol. The molecule has 0 heterocycles. The van der Waals surface area contributed by atoms with Gasteiger partial charge in [-0.1, -0.05) is 53.7 Å². The summed E-state index contributed by atoms with van der Waals surface area (Å²) >= 11 is 0. The Morgan fingerprint density at radius 2 is 1.46 bits per heavy atom. The Labute approximate surface area is 152 Å². The average Bonchev–Trinajstić information content (AvgIpc) is 2.48. The normalized spacial score (nSPS) is 14.4. The number of ether oxygens (including phenoxy) is 1. The van der Waals surface area contributed by atoms with E-state index < -0.39 is 35.5 Å². The first-order valence-electron chi connectivity index (χ1n) is 8.16. The van der Waals surface area contributed by atoms with Gasteiger partial charge in [0.15, 0.2) is 6.10 Å². The molecule has 0 aromatic heterocycles. The highest BCUT2D eigenvalue weighted by molar-refractivity contribution is 5.94. The standard InChI is InChI=1S/C19H26O7/c1-18(2,3)10-7-8-12(19(4,5)6)11(9-10)17(25)26-14(16(23)24)13(20)15(21)22/h7-9,13-14,20H,1-6H3,(H,21,22)(H,23,24)/t13-,14-/m1/s1. The van der Waals surface area contributed by atoms with Crippen LogP contribution in [0.2, 0.25) is 0 Å². The van der Waals surface area contributed by atoms with Gasteiger partial charge in [-0.05, 0) is 28.0 Å². The van der Waals surface area contributed by atoms with Crippen LogP contribution in [-0.2, 0) is 25.2 Å². The molecule has 2 atom stereocenters. The third-order valence-corrected chi connectivity index (χ3v) is 3.93. The molecule has 26 heavy (non-hydrogen) atoms. The second kappa shape index (κ2) is 7.45. The second-order valence-corrected chi connectivity index (χ2v) is 8.21. The molecule has 0 amide bonds. The number of aliphatic hydroxyl groups is 1. The smallest absolute Gasteiger partial charge is 0.348 e. The lowest BCUT2D eigenvalue weighted by atomic mass is 9.79. The first kappa shape index (κ1) is 21.6. The van der Waals surface area contributed by atoms with Crippen molar-refractivity contribution in [3.8, 4) is 0 Å². The van der Waals surface area contributed by atoms with E-state index in [1.54, 1.807) is 12.1 Å². The Morgan fingerprint density at radius 1 is 0.923 bits per heavy atom. The number of aliphatic carboxylic acids is 2. The van der Waals surface area contributed by atoms with Crippen LogP contribution in [0.15, 0.2) is 18.2 Å². The molecule has 0 spiro atoms. The fraction of sp³-hybridized carbons (Fsp3) is 0.526. The number of carboxylic acids is 2. The maximum Gasteiger partial charge on any atom is 0.348 e. The molecule has 0 saturated carbocycles. The molecule has 0 aliphatic rings. The van der Waals surface area contributed by atoms with E-state index in [0.29, 0.717) is 5.56 Å². The van der Waals surface area contributed by atoms with Crippen LogP contribution >= 0.6 is 0 Å². The summed E-state index contributed by atoms with van der Waals surface area (Å²) in [5.41, 5.74) is 0.911. The minimum absolute atomic E-state index is 0.147. The second-order valence-electron chi connectivity index (χ2n) is 8.21. The van der Waals surface area contributed by atoms with Crippen molar-refractivity contribution in [3.63, 3.8) is 0 Å². The quantitative estimate of drug-likeness (QED) is 0.684. The summed E-state index contributed by atoms with van der Waals surface area (Å²) in [6, 6.07) is 5.29. The molecule has 144 valence electrons. The molecule has 0 bridgehead atoms. The predicted octanol–water partition coefficient (Wildman–Crippen LogP) is 2.34. The van der Waals surface area contributed by atoms with Gasteiger partial charge in [0.1, 0.15) is 0 Å². The van der Waals surface area contributed by atoms with E-state index in [1.165, 1.54) is 0 Å². The van der Waals surface area contributed by atoms with Crippen molar-refractivity contribution in [1.29, 1.82) is 0 Å². The fourth-order valence-corrected chi connectivity index (χ4v) is 2.39. The van der Waals surface area contributed by atoms with Crippen LogP contribution in [0.3, 0.4) is 0 Å². The van der Waals surface area contributed by atoms with Gasteiger partial charge >= 0.3 is 17.9 Å². The van der Waals surface area contributed by atoms with Gasteiger partial charge in [-0.15, -0.1) is 0 Å². The van der Waals surface area contributed by atoms with Gasteiger partial charge in [-0.3, -0.25) is 0 Å². The summed E-state index contributed by atoms with van der Waals surface area (Å²) in [4.78, 5) is 34.7. The van der Waals surface area contributed by atoms with Crippen LogP contribution in [-0.4, -0.2) is 45.4 Å². The fourth-order valence-electron chi connectivity index (χ4n) is 2.39. The molecule has 7 heteroatoms. The summed E-state index contributed by atoms with van der Waals surface area (Å²) in [6.45, 7) is 11.5. The van der Waals surface area contributed by atoms with Gasteiger partial charge in [-0.2, -0.15) is 0 Å². The summed E-state index contributed by atoms with van der Waals surface area (Å²) in [6.07, 6.45) is -4.56. The van der Waals surface area contributed by atoms with Crippen LogP contribution in [0.25, 0.3) is 0 Å². The van der Waals surface area contributed by atoms with Gasteiger partial charge < -0.3 is 20.1 Å². The van der Waals surface area contributed by atoms with Crippen LogP contribution in [0.5, 0.6) is 0 Å². The number of hydrogen-bond donors (Lipinski definition) is 3. The Bertz CT molecular complexity index is 708. The number of hydrogen-bond acceptors (Lipinski definition) is 5. The lowest BCUT2D eigenvalue weighted by molar-refractivity contribution is -0.166. The van der Waals surface area contributed by atoms with Crippen molar-refractivity contribution in [2.45, 2.75) is 64.6 Å². The molecule has 1 aromatic rings. The molecule has 0 aliphatic heterocycles. The SMILES string of the molecule is CC(C)(C)c1ccc(C(C)(C)C)c(C(=O)O[C@@H](C(=O)O)[C@@H](O)C(=O)O)c1. The Hall–Kier alpha value is -2.41. The largest absolute Gasteiger partial charge is 0.479 e. The zero-order valence-electron chi connectivity index (χ0n) is 15.9. The van der Waals surface area contributed by atoms with E-state index in [2.05, 4.69) is 0 Å². The van der Waals surface area contributed by atoms with E-state index in [9.17, 15) is 19.5 Å². The van der Waals surface area contributed by atoms with Crippen molar-refractivity contribution in [2.24, 2.45) is 0 Å². The molecule has 0 radical (unpaired) electrons. The number of carbonyl (C=O) groups is 3. The van der Waals surface area contributed by atoms with Crippen molar-refractivity contribution >= 4 is 17.9 Å². The average molecular weight is 366 g/mol. The van der Waals surface area contributed by atoms with E-state index >= 15 is 0 Å². The topological polar surface area (TPSA) is 121 Å². The third kappa shape index (κ3) is 5.05. The van der Waals surface area contributed by atoms with E-state index in [-0.39, 0.29) is 11.0 Å². The Morgan fingerprint density at radius 3 is 1.85 bits per heavy atom. The highest BCUT2D eigenvalue weighted by atomic mass is 16.6. The highest BCUT2D eigenvalue weighted by Crippen LogP contribution is 2.31. The zero-order valence-corrected chi connectivity index (χ0v) is 15.9. The third-order valence-electron chi connectivity index (χ3n) is 3.93. The molecular formula is C19H26O7. The van der Waals surface area contributed by atoms with Crippen LogP contribution in [0.4, 0.5) is 0 Å². The van der Waals surface area contributed by atoms with Gasteiger partial charge in [0, 0.05) is 0 Å². The van der Waals surface area contributed by atoms with E-state index in [0.717, 1.165) is 5.56 Å². The maximum absolute atomic E-state index is 12.6. The first-order chi connectivity index (χ1) is 11.7. The summed E-state index contributed by atoms with van der Waals surface area (Å²) in [5.74, 6) is -4.52. The number of carboxylic acid groups (broad SMARTS) is 2. The summed E-state index contributed by atoms with van der Waals surface area (Å²) in [5, 5.41) is 27.4. The molecule has 7 nitrogen and oxygen atoms in total. The van der Waals surface area contributed by atoms with Crippen LogP contribution < -0.4 is 0 Å².